The third-order valence-corrected chi connectivity index (χ3v) is 2.05. The van der Waals surface area contributed by atoms with Gasteiger partial charge in [0.15, 0.2) is 0 Å². The fraction of sp³-hybridized carbons (Fsp3) is 0.556. The topological polar surface area (TPSA) is 34.9 Å². The third-order valence-electron chi connectivity index (χ3n) is 2.05. The third kappa shape index (κ3) is 1.81. The lowest BCUT2D eigenvalue weighted by Gasteiger charge is -2.15. The number of halogens is 2. The Bertz CT molecular complexity index is 345. The Kier molecular flexibility index (Phi) is 2.69. The van der Waals surface area contributed by atoms with Crippen molar-refractivity contribution in [1.82, 2.24) is 9.78 Å². The van der Waals surface area contributed by atoms with Crippen LogP contribution >= 0.6 is 0 Å². The molecule has 78 valence electrons. The molecule has 5 heteroatoms. The molecular weight excluding hydrogens is 190 g/mol. The SMILES string of the molecule is Cn1cc(C(C)(C)C=O)c(C(F)F)n1. The van der Waals surface area contributed by atoms with Crippen molar-refractivity contribution in [3.05, 3.63) is 17.5 Å². The number of nitrogens with zero attached hydrogens (tertiary/aromatic N) is 2. The molecule has 0 aliphatic heterocycles. The van der Waals surface area contributed by atoms with Crippen molar-refractivity contribution in [3.63, 3.8) is 0 Å². The lowest BCUT2D eigenvalue weighted by atomic mass is 9.87. The second-order valence-electron chi connectivity index (χ2n) is 3.74. The number of hydrogen-bond donors (Lipinski definition) is 0. The van der Waals surface area contributed by atoms with Gasteiger partial charge in [-0.15, -0.1) is 0 Å². The summed E-state index contributed by atoms with van der Waals surface area (Å²) in [5, 5.41) is 3.63. The van der Waals surface area contributed by atoms with Gasteiger partial charge in [-0.3, -0.25) is 4.68 Å². The molecule has 0 radical (unpaired) electrons. The summed E-state index contributed by atoms with van der Waals surface area (Å²) in [6.07, 6.45) is -0.545. The Morgan fingerprint density at radius 1 is 1.57 bits per heavy atom. The molecule has 0 atom stereocenters. The normalized spacial score (nSPS) is 12.1. The van der Waals surface area contributed by atoms with Crippen LogP contribution in [0.25, 0.3) is 0 Å². The molecule has 1 aromatic rings. The van der Waals surface area contributed by atoms with Crippen LogP contribution in [0.2, 0.25) is 0 Å². The van der Waals surface area contributed by atoms with Crippen molar-refractivity contribution in [1.29, 1.82) is 0 Å². The van der Waals surface area contributed by atoms with E-state index in [1.54, 1.807) is 20.9 Å². The van der Waals surface area contributed by atoms with Gasteiger partial charge in [-0.05, 0) is 13.8 Å². The first-order valence-electron chi connectivity index (χ1n) is 4.17. The molecule has 3 nitrogen and oxygen atoms in total. The molecule has 0 bridgehead atoms. The predicted octanol–water partition coefficient (Wildman–Crippen LogP) is 1.83. The van der Waals surface area contributed by atoms with Crippen LogP contribution in [0.4, 0.5) is 8.78 Å². The van der Waals surface area contributed by atoms with Crippen molar-refractivity contribution in [2.45, 2.75) is 25.7 Å². The van der Waals surface area contributed by atoms with E-state index >= 15 is 0 Å². The van der Waals surface area contributed by atoms with Gasteiger partial charge in [0.25, 0.3) is 6.43 Å². The number of rotatable bonds is 3. The minimum atomic E-state index is -2.65. The van der Waals surface area contributed by atoms with Crippen molar-refractivity contribution in [2.75, 3.05) is 0 Å². The van der Waals surface area contributed by atoms with Crippen LogP contribution in [0.3, 0.4) is 0 Å². The van der Waals surface area contributed by atoms with Crippen LogP contribution in [0.15, 0.2) is 6.20 Å². The summed E-state index contributed by atoms with van der Waals surface area (Å²) in [5.74, 6) is 0. The lowest BCUT2D eigenvalue weighted by molar-refractivity contribution is -0.111. The second kappa shape index (κ2) is 3.48. The zero-order chi connectivity index (χ0) is 10.9. The van der Waals surface area contributed by atoms with Crippen molar-refractivity contribution >= 4 is 6.29 Å². The molecule has 0 N–H and O–H groups in total. The average molecular weight is 202 g/mol. The van der Waals surface area contributed by atoms with Gasteiger partial charge in [-0.1, -0.05) is 0 Å². The summed E-state index contributed by atoms with van der Waals surface area (Å²) < 4.78 is 26.3. The van der Waals surface area contributed by atoms with Crippen LogP contribution < -0.4 is 0 Å². The van der Waals surface area contributed by atoms with E-state index in [2.05, 4.69) is 5.10 Å². The molecule has 1 rings (SSSR count). The van der Waals surface area contributed by atoms with E-state index in [1.807, 2.05) is 0 Å². The summed E-state index contributed by atoms with van der Waals surface area (Å²) in [4.78, 5) is 10.7. The van der Waals surface area contributed by atoms with E-state index in [0.29, 0.717) is 6.29 Å². The van der Waals surface area contributed by atoms with Gasteiger partial charge in [-0.2, -0.15) is 5.10 Å². The molecular formula is C9H12F2N2O. The number of alkyl halides is 2. The molecule has 0 amide bonds. The summed E-state index contributed by atoms with van der Waals surface area (Å²) in [6.45, 7) is 3.17. The maximum absolute atomic E-state index is 12.5. The quantitative estimate of drug-likeness (QED) is 0.701. The number of aldehydes is 1. The number of carbonyl (C=O) groups is 1. The highest BCUT2D eigenvalue weighted by Gasteiger charge is 2.29. The van der Waals surface area contributed by atoms with Crippen LogP contribution in [-0.4, -0.2) is 16.1 Å². The van der Waals surface area contributed by atoms with Gasteiger partial charge in [0.05, 0.1) is 0 Å². The fourth-order valence-electron chi connectivity index (χ4n) is 1.23. The zero-order valence-corrected chi connectivity index (χ0v) is 8.29. The van der Waals surface area contributed by atoms with E-state index in [4.69, 9.17) is 0 Å². The first kappa shape index (κ1) is 10.8. The minimum Gasteiger partial charge on any atom is -0.302 e. The molecule has 0 aliphatic rings. The molecule has 0 fully saturated rings. The number of aromatic nitrogens is 2. The number of carbonyl (C=O) groups excluding carboxylic acids is 1. The van der Waals surface area contributed by atoms with Crippen molar-refractivity contribution < 1.29 is 13.6 Å². The predicted molar refractivity (Wildman–Crippen MR) is 47.3 cm³/mol. The maximum atomic E-state index is 12.5. The van der Waals surface area contributed by atoms with Crippen LogP contribution in [-0.2, 0) is 17.3 Å². The summed E-state index contributed by atoms with van der Waals surface area (Å²) in [6, 6.07) is 0. The molecule has 0 aromatic carbocycles. The van der Waals surface area contributed by atoms with E-state index in [1.165, 1.54) is 10.9 Å². The molecule has 1 heterocycles. The van der Waals surface area contributed by atoms with Gasteiger partial charge in [0.1, 0.15) is 12.0 Å². The maximum Gasteiger partial charge on any atom is 0.282 e. The van der Waals surface area contributed by atoms with Crippen LogP contribution in [0.5, 0.6) is 0 Å². The Morgan fingerprint density at radius 3 is 2.57 bits per heavy atom. The van der Waals surface area contributed by atoms with Gasteiger partial charge in [0, 0.05) is 24.2 Å². The van der Waals surface area contributed by atoms with Crippen molar-refractivity contribution in [3.8, 4) is 0 Å². The highest BCUT2D eigenvalue weighted by Crippen LogP contribution is 2.29. The van der Waals surface area contributed by atoms with E-state index in [-0.39, 0.29) is 11.3 Å². The van der Waals surface area contributed by atoms with E-state index in [9.17, 15) is 13.6 Å². The molecule has 0 spiro atoms. The van der Waals surface area contributed by atoms with Crippen LogP contribution in [0, 0.1) is 0 Å². The van der Waals surface area contributed by atoms with Gasteiger partial charge < -0.3 is 4.79 Å². The highest BCUT2D eigenvalue weighted by atomic mass is 19.3. The van der Waals surface area contributed by atoms with E-state index < -0.39 is 11.8 Å². The van der Waals surface area contributed by atoms with E-state index in [0.717, 1.165) is 0 Å². The Balaban J connectivity index is 3.26. The molecule has 0 aliphatic carbocycles. The lowest BCUT2D eigenvalue weighted by Crippen LogP contribution is -2.20. The highest BCUT2D eigenvalue weighted by molar-refractivity contribution is 5.67. The standard InChI is InChI=1S/C9H12F2N2O/c1-9(2,5-14)6-4-13(3)12-7(6)8(10)11/h4-5,8H,1-3H3. The molecule has 0 saturated heterocycles. The van der Waals surface area contributed by atoms with Gasteiger partial charge in [0.2, 0.25) is 0 Å². The Hall–Kier alpha value is -1.26. The largest absolute Gasteiger partial charge is 0.302 e. The summed E-state index contributed by atoms with van der Waals surface area (Å²) in [5.41, 5.74) is -0.949. The first-order valence-corrected chi connectivity index (χ1v) is 4.17. The van der Waals surface area contributed by atoms with Crippen molar-refractivity contribution in [2.24, 2.45) is 7.05 Å². The molecule has 14 heavy (non-hydrogen) atoms. The van der Waals surface area contributed by atoms with Gasteiger partial charge >= 0.3 is 0 Å². The first-order chi connectivity index (χ1) is 6.38. The fourth-order valence-corrected chi connectivity index (χ4v) is 1.23. The monoisotopic (exact) mass is 202 g/mol. The Labute approximate surface area is 80.7 Å². The average Bonchev–Trinajstić information content (AvgIpc) is 2.48. The summed E-state index contributed by atoms with van der Waals surface area (Å²) in [7, 11) is 1.55. The minimum absolute atomic E-state index is 0.282. The number of aryl methyl sites for hydroxylation is 1. The summed E-state index contributed by atoms with van der Waals surface area (Å²) >= 11 is 0. The second-order valence-corrected chi connectivity index (χ2v) is 3.74. The van der Waals surface area contributed by atoms with Crippen LogP contribution in [0.1, 0.15) is 31.5 Å². The smallest absolute Gasteiger partial charge is 0.282 e. The molecule has 0 unspecified atom stereocenters. The molecule has 0 saturated carbocycles. The number of hydrogen-bond acceptors (Lipinski definition) is 2. The van der Waals surface area contributed by atoms with Gasteiger partial charge in [-0.25, -0.2) is 8.78 Å². The Morgan fingerprint density at radius 2 is 2.14 bits per heavy atom. The molecule has 1 aromatic heterocycles. The zero-order valence-electron chi connectivity index (χ0n) is 8.29.